The molecule has 8 nitrogen and oxygen atoms in total. The molecule has 2 N–H and O–H groups in total. The molecule has 0 aliphatic heterocycles. The summed E-state index contributed by atoms with van der Waals surface area (Å²) >= 11 is 0. The monoisotopic (exact) mass is 436 g/mol. The van der Waals surface area contributed by atoms with E-state index in [1.807, 2.05) is 36.9 Å². The summed E-state index contributed by atoms with van der Waals surface area (Å²) in [5, 5.41) is 22.5. The SMILES string of the molecule is Cc1cc(C)c2[nH]c(=O)c(CN(CCO)Cc3nnnn3Cc3ccc(F)cc3)cc2c1. The molecule has 0 aliphatic carbocycles. The highest BCUT2D eigenvalue weighted by Gasteiger charge is 2.15. The van der Waals surface area contributed by atoms with Crippen LogP contribution in [0.5, 0.6) is 0 Å². The van der Waals surface area contributed by atoms with Crippen LogP contribution in [0.25, 0.3) is 10.9 Å². The Labute approximate surface area is 184 Å². The van der Waals surface area contributed by atoms with Gasteiger partial charge in [0, 0.05) is 18.7 Å². The van der Waals surface area contributed by atoms with Gasteiger partial charge in [-0.05, 0) is 65.1 Å². The normalized spacial score (nSPS) is 11.5. The second-order valence-electron chi connectivity index (χ2n) is 7.98. The fraction of sp³-hybridized carbons (Fsp3) is 0.304. The van der Waals surface area contributed by atoms with Gasteiger partial charge in [-0.2, -0.15) is 0 Å². The molecule has 32 heavy (non-hydrogen) atoms. The zero-order valence-corrected chi connectivity index (χ0v) is 18.0. The molecular weight excluding hydrogens is 411 g/mol. The lowest BCUT2D eigenvalue weighted by Crippen LogP contribution is -2.30. The number of benzene rings is 2. The number of rotatable bonds is 8. The van der Waals surface area contributed by atoms with Crippen molar-refractivity contribution in [3.63, 3.8) is 0 Å². The summed E-state index contributed by atoms with van der Waals surface area (Å²) in [5.74, 6) is 0.289. The van der Waals surface area contributed by atoms with Crippen molar-refractivity contribution >= 4 is 10.9 Å². The van der Waals surface area contributed by atoms with E-state index in [4.69, 9.17) is 0 Å². The van der Waals surface area contributed by atoms with Crippen LogP contribution in [0.2, 0.25) is 0 Å². The van der Waals surface area contributed by atoms with Gasteiger partial charge in [0.15, 0.2) is 5.82 Å². The number of hydrogen-bond donors (Lipinski definition) is 2. The van der Waals surface area contributed by atoms with Gasteiger partial charge >= 0.3 is 0 Å². The summed E-state index contributed by atoms with van der Waals surface area (Å²) < 4.78 is 14.8. The van der Waals surface area contributed by atoms with Gasteiger partial charge in [0.05, 0.1) is 25.2 Å². The van der Waals surface area contributed by atoms with Gasteiger partial charge in [0.25, 0.3) is 5.56 Å². The highest BCUT2D eigenvalue weighted by molar-refractivity contribution is 5.82. The molecule has 2 aromatic heterocycles. The van der Waals surface area contributed by atoms with Crippen LogP contribution in [0.1, 0.15) is 28.1 Å². The number of aromatic amines is 1. The minimum Gasteiger partial charge on any atom is -0.395 e. The van der Waals surface area contributed by atoms with Gasteiger partial charge < -0.3 is 10.1 Å². The van der Waals surface area contributed by atoms with Crippen molar-refractivity contribution in [2.45, 2.75) is 33.5 Å². The number of tetrazole rings is 1. The van der Waals surface area contributed by atoms with E-state index in [0.29, 0.717) is 37.6 Å². The number of nitrogens with one attached hydrogen (secondary N) is 1. The zero-order chi connectivity index (χ0) is 22.7. The van der Waals surface area contributed by atoms with E-state index in [1.54, 1.807) is 16.8 Å². The van der Waals surface area contributed by atoms with E-state index in [9.17, 15) is 14.3 Å². The number of aryl methyl sites for hydroxylation is 2. The quantitative estimate of drug-likeness (QED) is 0.440. The lowest BCUT2D eigenvalue weighted by molar-refractivity contribution is 0.179. The van der Waals surface area contributed by atoms with Gasteiger partial charge in [-0.1, -0.05) is 23.8 Å². The number of nitrogens with zero attached hydrogens (tertiary/aromatic N) is 5. The fourth-order valence-electron chi connectivity index (χ4n) is 3.87. The van der Waals surface area contributed by atoms with Crippen LogP contribution in [0.4, 0.5) is 4.39 Å². The molecule has 0 spiro atoms. The molecule has 4 aromatic rings. The summed E-state index contributed by atoms with van der Waals surface area (Å²) in [6.45, 7) is 5.36. The average molecular weight is 436 g/mol. The van der Waals surface area contributed by atoms with Gasteiger partial charge in [-0.3, -0.25) is 9.69 Å². The zero-order valence-electron chi connectivity index (χ0n) is 18.0. The first-order chi connectivity index (χ1) is 15.4. The Bertz CT molecular complexity index is 1280. The Hall–Kier alpha value is -3.43. The molecule has 4 rings (SSSR count). The summed E-state index contributed by atoms with van der Waals surface area (Å²) in [5.41, 5.74) is 4.30. The maximum absolute atomic E-state index is 13.2. The predicted molar refractivity (Wildman–Crippen MR) is 119 cm³/mol. The maximum Gasteiger partial charge on any atom is 0.252 e. The molecule has 0 bridgehead atoms. The Morgan fingerprint density at radius 3 is 2.66 bits per heavy atom. The molecule has 2 aromatic carbocycles. The molecule has 0 aliphatic rings. The first kappa shape index (κ1) is 21.8. The summed E-state index contributed by atoms with van der Waals surface area (Å²) in [6, 6.07) is 12.1. The Morgan fingerprint density at radius 1 is 1.12 bits per heavy atom. The third-order valence-corrected chi connectivity index (χ3v) is 5.40. The number of aliphatic hydroxyl groups is 1. The van der Waals surface area contributed by atoms with Crippen molar-refractivity contribution in [1.29, 1.82) is 0 Å². The molecule has 0 saturated heterocycles. The molecule has 0 saturated carbocycles. The highest BCUT2D eigenvalue weighted by Crippen LogP contribution is 2.19. The van der Waals surface area contributed by atoms with E-state index < -0.39 is 0 Å². The number of pyridine rings is 1. The number of H-pyrrole nitrogens is 1. The topological polar surface area (TPSA) is 99.9 Å². The molecule has 0 amide bonds. The highest BCUT2D eigenvalue weighted by atomic mass is 19.1. The largest absolute Gasteiger partial charge is 0.395 e. The van der Waals surface area contributed by atoms with Gasteiger partial charge in [-0.15, -0.1) is 5.10 Å². The smallest absolute Gasteiger partial charge is 0.252 e. The van der Waals surface area contributed by atoms with Crippen LogP contribution in [-0.2, 0) is 19.6 Å². The Balaban J connectivity index is 1.57. The van der Waals surface area contributed by atoms with Crippen molar-refractivity contribution in [2.75, 3.05) is 13.2 Å². The van der Waals surface area contributed by atoms with Crippen molar-refractivity contribution in [3.05, 3.63) is 86.7 Å². The van der Waals surface area contributed by atoms with Crippen LogP contribution in [0.15, 0.2) is 47.3 Å². The third-order valence-electron chi connectivity index (χ3n) is 5.40. The number of aliphatic hydroxyl groups excluding tert-OH is 1. The van der Waals surface area contributed by atoms with Crippen LogP contribution in [0, 0.1) is 19.7 Å². The first-order valence-electron chi connectivity index (χ1n) is 10.4. The molecule has 9 heteroatoms. The molecule has 0 radical (unpaired) electrons. The van der Waals surface area contributed by atoms with Crippen LogP contribution >= 0.6 is 0 Å². The molecule has 166 valence electrons. The van der Waals surface area contributed by atoms with Crippen molar-refractivity contribution < 1.29 is 9.50 Å². The molecule has 0 unspecified atom stereocenters. The summed E-state index contributed by atoms with van der Waals surface area (Å²) in [6.07, 6.45) is 0. The van der Waals surface area contributed by atoms with E-state index in [2.05, 4.69) is 20.5 Å². The first-order valence-corrected chi connectivity index (χ1v) is 10.4. The van der Waals surface area contributed by atoms with Crippen molar-refractivity contribution in [1.82, 2.24) is 30.1 Å². The number of fused-ring (bicyclic) bond motifs is 1. The summed E-state index contributed by atoms with van der Waals surface area (Å²) in [7, 11) is 0. The molecule has 2 heterocycles. The Kier molecular flexibility index (Phi) is 6.38. The summed E-state index contributed by atoms with van der Waals surface area (Å²) in [4.78, 5) is 17.6. The lowest BCUT2D eigenvalue weighted by Gasteiger charge is -2.20. The van der Waals surface area contributed by atoms with Crippen LogP contribution in [-0.4, -0.2) is 48.3 Å². The van der Waals surface area contributed by atoms with E-state index in [-0.39, 0.29) is 18.0 Å². The molecule has 0 fully saturated rings. The van der Waals surface area contributed by atoms with Crippen LogP contribution < -0.4 is 5.56 Å². The average Bonchev–Trinajstić information content (AvgIpc) is 3.17. The third kappa shape index (κ3) is 4.90. The van der Waals surface area contributed by atoms with Gasteiger partial charge in [-0.25, -0.2) is 9.07 Å². The Morgan fingerprint density at radius 2 is 1.91 bits per heavy atom. The van der Waals surface area contributed by atoms with Crippen molar-refractivity contribution in [2.24, 2.45) is 0 Å². The van der Waals surface area contributed by atoms with E-state index in [1.165, 1.54) is 12.1 Å². The second kappa shape index (κ2) is 9.37. The van der Waals surface area contributed by atoms with Crippen molar-refractivity contribution in [3.8, 4) is 0 Å². The molecular formula is C23H25FN6O2. The second-order valence-corrected chi connectivity index (χ2v) is 7.98. The molecule has 0 atom stereocenters. The van der Waals surface area contributed by atoms with Gasteiger partial charge in [0.2, 0.25) is 0 Å². The number of hydrogen-bond acceptors (Lipinski definition) is 6. The maximum atomic E-state index is 13.2. The standard InChI is InChI=1S/C23H25FN6O2/c1-15-9-16(2)22-18(10-15)11-19(23(32)25-22)13-29(7-8-31)14-21-26-27-28-30(21)12-17-3-5-20(24)6-4-17/h3-6,9-11,31H,7-8,12-14H2,1-2H3,(H,25,32). The number of halogens is 1. The minimum atomic E-state index is -0.300. The fourth-order valence-corrected chi connectivity index (χ4v) is 3.87. The minimum absolute atomic E-state index is 0.0662. The van der Waals surface area contributed by atoms with Gasteiger partial charge in [0.1, 0.15) is 5.82 Å². The van der Waals surface area contributed by atoms with Crippen LogP contribution in [0.3, 0.4) is 0 Å². The lowest BCUT2D eigenvalue weighted by atomic mass is 10.1. The van der Waals surface area contributed by atoms with E-state index >= 15 is 0 Å². The predicted octanol–water partition coefficient (Wildman–Crippen LogP) is 2.31. The number of aromatic nitrogens is 5. The van der Waals surface area contributed by atoms with E-state index in [0.717, 1.165) is 27.6 Å².